The molecule has 1 heterocycles. The van der Waals surface area contributed by atoms with Gasteiger partial charge >= 0.3 is 11.9 Å². The van der Waals surface area contributed by atoms with Gasteiger partial charge in [0.05, 0.1) is 12.7 Å². The number of ether oxygens (including phenoxy) is 1. The van der Waals surface area contributed by atoms with Gasteiger partial charge in [0.2, 0.25) is 0 Å². The molecule has 0 aromatic heterocycles. The van der Waals surface area contributed by atoms with Crippen molar-refractivity contribution in [2.24, 2.45) is 5.73 Å². The van der Waals surface area contributed by atoms with Gasteiger partial charge in [0.15, 0.2) is 0 Å². The van der Waals surface area contributed by atoms with Crippen LogP contribution < -0.4 is 10.6 Å². The molecule has 1 fully saturated rings. The van der Waals surface area contributed by atoms with Crippen LogP contribution in [0.15, 0.2) is 24.3 Å². The fourth-order valence-corrected chi connectivity index (χ4v) is 2.15. The maximum Gasteiger partial charge on any atom is 0.337 e. The van der Waals surface area contributed by atoms with Crippen LogP contribution in [0.4, 0.5) is 5.69 Å². The van der Waals surface area contributed by atoms with Crippen molar-refractivity contribution in [3.05, 3.63) is 29.8 Å². The molecule has 6 heteroatoms. The van der Waals surface area contributed by atoms with Gasteiger partial charge in [0.25, 0.3) is 0 Å². The van der Waals surface area contributed by atoms with Gasteiger partial charge in [-0.15, -0.1) is 0 Å². The van der Waals surface area contributed by atoms with E-state index in [0.29, 0.717) is 18.5 Å². The highest BCUT2D eigenvalue weighted by molar-refractivity contribution is 5.89. The van der Waals surface area contributed by atoms with E-state index in [-0.39, 0.29) is 6.54 Å². The molecule has 6 nitrogen and oxygen atoms in total. The molecule has 1 saturated heterocycles. The first kappa shape index (κ1) is 13.4. The van der Waals surface area contributed by atoms with Crippen molar-refractivity contribution in [3.8, 4) is 0 Å². The number of hydrogen-bond donors (Lipinski definition) is 2. The van der Waals surface area contributed by atoms with Gasteiger partial charge < -0.3 is 20.5 Å². The second-order valence-corrected chi connectivity index (χ2v) is 4.67. The van der Waals surface area contributed by atoms with Crippen molar-refractivity contribution in [3.63, 3.8) is 0 Å². The lowest BCUT2D eigenvalue weighted by molar-refractivity contribution is -0.142. The summed E-state index contributed by atoms with van der Waals surface area (Å²) >= 11 is 0. The Morgan fingerprint density at radius 2 is 2.00 bits per heavy atom. The molecule has 0 radical (unpaired) electrons. The molecule has 1 aromatic carbocycles. The minimum absolute atomic E-state index is 0.264. The quantitative estimate of drug-likeness (QED) is 0.771. The van der Waals surface area contributed by atoms with Crippen LogP contribution in [0.25, 0.3) is 0 Å². The van der Waals surface area contributed by atoms with Gasteiger partial charge in [0.1, 0.15) is 5.54 Å². The number of nitrogens with zero attached hydrogens (tertiary/aromatic N) is 1. The SMILES string of the molecule is COC(=O)c1ccc(N2CCC(N)(C(=O)O)C2)cc1. The van der Waals surface area contributed by atoms with Gasteiger partial charge in [-0.1, -0.05) is 0 Å². The van der Waals surface area contributed by atoms with E-state index in [2.05, 4.69) is 4.74 Å². The number of esters is 1. The summed E-state index contributed by atoms with van der Waals surface area (Å²) in [6.45, 7) is 0.847. The number of carbonyl (C=O) groups is 2. The summed E-state index contributed by atoms with van der Waals surface area (Å²) in [6.07, 6.45) is 0.404. The zero-order valence-corrected chi connectivity index (χ0v) is 10.6. The van der Waals surface area contributed by atoms with Crippen molar-refractivity contribution in [2.45, 2.75) is 12.0 Å². The molecule has 1 aromatic rings. The summed E-state index contributed by atoms with van der Waals surface area (Å²) in [6, 6.07) is 6.83. The molecule has 3 N–H and O–H groups in total. The lowest BCUT2D eigenvalue weighted by atomic mass is 10.0. The van der Waals surface area contributed by atoms with E-state index in [9.17, 15) is 9.59 Å². The maximum atomic E-state index is 11.3. The second kappa shape index (κ2) is 4.89. The Hall–Kier alpha value is -2.08. The Labute approximate surface area is 110 Å². The first-order valence-electron chi connectivity index (χ1n) is 5.92. The summed E-state index contributed by atoms with van der Waals surface area (Å²) in [5.74, 6) is -1.38. The van der Waals surface area contributed by atoms with Crippen LogP contribution in [0.1, 0.15) is 16.8 Å². The van der Waals surface area contributed by atoms with Crippen LogP contribution in [0, 0.1) is 0 Å². The molecular formula is C13H16N2O4. The normalized spacial score (nSPS) is 22.3. The average Bonchev–Trinajstić information content (AvgIpc) is 2.82. The van der Waals surface area contributed by atoms with E-state index in [1.54, 1.807) is 24.3 Å². The predicted molar refractivity (Wildman–Crippen MR) is 69.2 cm³/mol. The third kappa shape index (κ3) is 2.53. The molecule has 1 aliphatic heterocycles. The zero-order chi connectivity index (χ0) is 14.0. The summed E-state index contributed by atoms with van der Waals surface area (Å²) in [7, 11) is 1.33. The first-order valence-corrected chi connectivity index (χ1v) is 5.92. The number of hydrogen-bond acceptors (Lipinski definition) is 5. The van der Waals surface area contributed by atoms with Crippen LogP contribution in [-0.2, 0) is 9.53 Å². The summed E-state index contributed by atoms with van der Waals surface area (Å²) in [5, 5.41) is 9.07. The zero-order valence-electron chi connectivity index (χ0n) is 10.6. The van der Waals surface area contributed by atoms with Crippen molar-refractivity contribution < 1.29 is 19.4 Å². The molecule has 0 aliphatic carbocycles. The molecule has 0 saturated carbocycles. The number of carbonyl (C=O) groups excluding carboxylic acids is 1. The third-order valence-electron chi connectivity index (χ3n) is 3.38. The molecule has 1 unspecified atom stereocenters. The van der Waals surface area contributed by atoms with E-state index in [1.807, 2.05) is 4.90 Å². The van der Waals surface area contributed by atoms with Gasteiger partial charge in [-0.25, -0.2) is 4.79 Å². The van der Waals surface area contributed by atoms with Crippen LogP contribution in [-0.4, -0.2) is 42.8 Å². The summed E-state index contributed by atoms with van der Waals surface area (Å²) < 4.78 is 4.62. The number of anilines is 1. The lowest BCUT2D eigenvalue weighted by Crippen LogP contribution is -2.50. The molecule has 1 aliphatic rings. The average molecular weight is 264 g/mol. The molecule has 2 rings (SSSR count). The largest absolute Gasteiger partial charge is 0.480 e. The number of benzene rings is 1. The lowest BCUT2D eigenvalue weighted by Gasteiger charge is -2.21. The Bertz CT molecular complexity index is 500. The number of carboxylic acid groups (broad SMARTS) is 1. The minimum atomic E-state index is -1.19. The smallest absolute Gasteiger partial charge is 0.337 e. The van der Waals surface area contributed by atoms with Crippen LogP contribution >= 0.6 is 0 Å². The Morgan fingerprint density at radius 1 is 1.37 bits per heavy atom. The molecule has 19 heavy (non-hydrogen) atoms. The molecule has 102 valence electrons. The van der Waals surface area contributed by atoms with Crippen molar-refractivity contribution >= 4 is 17.6 Å². The number of nitrogens with two attached hydrogens (primary N) is 1. The second-order valence-electron chi connectivity index (χ2n) is 4.67. The summed E-state index contributed by atoms with van der Waals surface area (Å²) in [5.41, 5.74) is 5.93. The highest BCUT2D eigenvalue weighted by Crippen LogP contribution is 2.25. The number of rotatable bonds is 3. The van der Waals surface area contributed by atoms with Crippen molar-refractivity contribution in [1.82, 2.24) is 0 Å². The van der Waals surface area contributed by atoms with E-state index in [1.165, 1.54) is 7.11 Å². The monoisotopic (exact) mass is 264 g/mol. The van der Waals surface area contributed by atoms with E-state index in [4.69, 9.17) is 10.8 Å². The van der Waals surface area contributed by atoms with Crippen molar-refractivity contribution in [1.29, 1.82) is 0 Å². The molecular weight excluding hydrogens is 248 g/mol. The van der Waals surface area contributed by atoms with Gasteiger partial charge in [-0.3, -0.25) is 4.79 Å². The molecule has 0 bridgehead atoms. The highest BCUT2D eigenvalue weighted by Gasteiger charge is 2.41. The minimum Gasteiger partial charge on any atom is -0.480 e. The third-order valence-corrected chi connectivity index (χ3v) is 3.38. The predicted octanol–water partition coefficient (Wildman–Crippen LogP) is 0.465. The van der Waals surface area contributed by atoms with Gasteiger partial charge in [-0.05, 0) is 30.7 Å². The molecule has 0 amide bonds. The van der Waals surface area contributed by atoms with Gasteiger partial charge in [-0.2, -0.15) is 0 Å². The number of carboxylic acids is 1. The van der Waals surface area contributed by atoms with Gasteiger partial charge in [0, 0.05) is 18.8 Å². The number of aliphatic carboxylic acids is 1. The van der Waals surface area contributed by atoms with E-state index < -0.39 is 17.5 Å². The van der Waals surface area contributed by atoms with Crippen LogP contribution in [0.5, 0.6) is 0 Å². The van der Waals surface area contributed by atoms with Crippen LogP contribution in [0.2, 0.25) is 0 Å². The fourth-order valence-electron chi connectivity index (χ4n) is 2.15. The van der Waals surface area contributed by atoms with E-state index in [0.717, 1.165) is 5.69 Å². The molecule has 1 atom stereocenters. The Balaban J connectivity index is 2.12. The highest BCUT2D eigenvalue weighted by atomic mass is 16.5. The molecule has 0 spiro atoms. The standard InChI is InChI=1S/C13H16N2O4/c1-19-11(16)9-2-4-10(5-3-9)15-7-6-13(14,8-15)12(17)18/h2-5H,6-8,14H2,1H3,(H,17,18). The van der Waals surface area contributed by atoms with Crippen molar-refractivity contribution in [2.75, 3.05) is 25.1 Å². The fraction of sp³-hybridized carbons (Fsp3) is 0.385. The first-order chi connectivity index (χ1) is 8.96. The number of methoxy groups -OCH3 is 1. The summed E-state index contributed by atoms with van der Waals surface area (Å²) in [4.78, 5) is 24.3. The van der Waals surface area contributed by atoms with Crippen LogP contribution in [0.3, 0.4) is 0 Å². The Morgan fingerprint density at radius 3 is 2.47 bits per heavy atom. The topological polar surface area (TPSA) is 92.9 Å². The Kier molecular flexibility index (Phi) is 3.44. The maximum absolute atomic E-state index is 11.3. The van der Waals surface area contributed by atoms with E-state index >= 15 is 0 Å².